The maximum atomic E-state index is 13.2. The molecule has 0 amide bonds. The van der Waals surface area contributed by atoms with Crippen LogP contribution in [0.15, 0.2) is 23.4 Å². The van der Waals surface area contributed by atoms with Crippen LogP contribution in [-0.4, -0.2) is 10.4 Å². The van der Waals surface area contributed by atoms with Gasteiger partial charge in [-0.15, -0.1) is 0 Å². The lowest BCUT2D eigenvalue weighted by molar-refractivity contribution is -0.140. The van der Waals surface area contributed by atoms with E-state index < -0.39 is 28.3 Å². The molecule has 2 nitrogen and oxygen atoms in total. The second-order valence-corrected chi connectivity index (χ2v) is 2.91. The van der Waals surface area contributed by atoms with Crippen LogP contribution in [0.5, 0.6) is 0 Å². The molecule has 7 heteroatoms. The molecule has 0 heterocycles. The SMILES string of the molecule is ON=C(Cl)c1cccc(C(F)(F)F)c1F. The van der Waals surface area contributed by atoms with Crippen molar-refractivity contribution in [2.75, 3.05) is 0 Å². The Kier molecular flexibility index (Phi) is 3.18. The topological polar surface area (TPSA) is 32.6 Å². The fourth-order valence-corrected chi connectivity index (χ4v) is 1.11. The van der Waals surface area contributed by atoms with Gasteiger partial charge in [0.05, 0.1) is 11.1 Å². The smallest absolute Gasteiger partial charge is 0.410 e. The van der Waals surface area contributed by atoms with E-state index in [-0.39, 0.29) is 0 Å². The Labute approximate surface area is 86.8 Å². The summed E-state index contributed by atoms with van der Waals surface area (Å²) in [5, 5.41) is 9.89. The van der Waals surface area contributed by atoms with Gasteiger partial charge in [0.1, 0.15) is 5.82 Å². The summed E-state index contributed by atoms with van der Waals surface area (Å²) in [6.07, 6.45) is -4.81. The molecule has 15 heavy (non-hydrogen) atoms. The predicted octanol–water partition coefficient (Wildman–Crippen LogP) is 3.22. The third kappa shape index (κ3) is 2.38. The van der Waals surface area contributed by atoms with Crippen LogP contribution >= 0.6 is 11.6 Å². The molecule has 1 rings (SSSR count). The second-order valence-electron chi connectivity index (χ2n) is 2.56. The highest BCUT2D eigenvalue weighted by molar-refractivity contribution is 6.69. The third-order valence-electron chi connectivity index (χ3n) is 1.61. The third-order valence-corrected chi connectivity index (χ3v) is 1.89. The maximum Gasteiger partial charge on any atom is 0.419 e. The Balaban J connectivity index is 3.36. The second kappa shape index (κ2) is 4.06. The van der Waals surface area contributed by atoms with Gasteiger partial charge in [0.2, 0.25) is 0 Å². The standard InChI is InChI=1S/C8H4ClF4NO/c9-7(14-15)4-2-1-3-5(6(4)10)8(11,12)13/h1-3,15H. The number of oxime groups is 1. The highest BCUT2D eigenvalue weighted by Gasteiger charge is 2.35. The van der Waals surface area contributed by atoms with Crippen LogP contribution in [-0.2, 0) is 6.18 Å². The van der Waals surface area contributed by atoms with Gasteiger partial charge in [-0.2, -0.15) is 13.2 Å². The fraction of sp³-hybridized carbons (Fsp3) is 0.125. The molecule has 0 radical (unpaired) electrons. The molecular weight excluding hydrogens is 238 g/mol. The Hall–Kier alpha value is -1.30. The van der Waals surface area contributed by atoms with Crippen molar-refractivity contribution in [3.05, 3.63) is 35.1 Å². The monoisotopic (exact) mass is 241 g/mol. The van der Waals surface area contributed by atoms with Gasteiger partial charge in [0, 0.05) is 0 Å². The Morgan fingerprint density at radius 2 is 1.93 bits per heavy atom. The molecular formula is C8H4ClF4NO. The zero-order chi connectivity index (χ0) is 11.6. The van der Waals surface area contributed by atoms with E-state index in [1.165, 1.54) is 0 Å². The van der Waals surface area contributed by atoms with E-state index in [1.54, 1.807) is 0 Å². The van der Waals surface area contributed by atoms with Crippen LogP contribution in [0, 0.1) is 5.82 Å². The van der Waals surface area contributed by atoms with Crippen molar-refractivity contribution in [2.45, 2.75) is 6.18 Å². The first-order valence-electron chi connectivity index (χ1n) is 3.61. The molecule has 82 valence electrons. The Morgan fingerprint density at radius 1 is 1.33 bits per heavy atom. The fourth-order valence-electron chi connectivity index (χ4n) is 0.964. The number of halogens is 5. The summed E-state index contributed by atoms with van der Waals surface area (Å²) in [5.74, 6) is -1.56. The van der Waals surface area contributed by atoms with Gasteiger partial charge < -0.3 is 5.21 Å². The van der Waals surface area contributed by atoms with Crippen LogP contribution in [0.3, 0.4) is 0 Å². The number of hydrogen-bond acceptors (Lipinski definition) is 2. The predicted molar refractivity (Wildman–Crippen MR) is 45.6 cm³/mol. The number of alkyl halides is 3. The van der Waals surface area contributed by atoms with Crippen molar-refractivity contribution in [1.82, 2.24) is 0 Å². The molecule has 0 unspecified atom stereocenters. The molecule has 0 spiro atoms. The van der Waals surface area contributed by atoms with Gasteiger partial charge in [-0.05, 0) is 12.1 Å². The number of benzene rings is 1. The molecule has 1 N–H and O–H groups in total. The first kappa shape index (κ1) is 11.8. The van der Waals surface area contributed by atoms with Gasteiger partial charge in [-0.25, -0.2) is 4.39 Å². The summed E-state index contributed by atoms with van der Waals surface area (Å²) in [7, 11) is 0. The average Bonchev–Trinajstić information content (AvgIpc) is 2.15. The lowest BCUT2D eigenvalue weighted by atomic mass is 10.1. The number of hydrogen-bond donors (Lipinski definition) is 1. The van der Waals surface area contributed by atoms with Crippen LogP contribution in [0.2, 0.25) is 0 Å². The molecule has 0 saturated carbocycles. The van der Waals surface area contributed by atoms with Crippen molar-refractivity contribution in [1.29, 1.82) is 0 Å². The van der Waals surface area contributed by atoms with E-state index in [4.69, 9.17) is 16.8 Å². The molecule has 1 aromatic rings. The summed E-state index contributed by atoms with van der Waals surface area (Å²) in [6.45, 7) is 0. The minimum absolute atomic E-state index is 0.570. The molecule has 0 saturated heterocycles. The lowest BCUT2D eigenvalue weighted by Gasteiger charge is -2.09. The Bertz CT molecular complexity index is 402. The van der Waals surface area contributed by atoms with E-state index in [1.807, 2.05) is 0 Å². The van der Waals surface area contributed by atoms with E-state index in [0.29, 0.717) is 6.07 Å². The van der Waals surface area contributed by atoms with E-state index in [9.17, 15) is 17.6 Å². The zero-order valence-corrected chi connectivity index (χ0v) is 7.77. The van der Waals surface area contributed by atoms with Crippen LogP contribution in [0.25, 0.3) is 0 Å². The van der Waals surface area contributed by atoms with Gasteiger partial charge in [0.25, 0.3) is 0 Å². The maximum absolute atomic E-state index is 13.2. The number of rotatable bonds is 1. The molecule has 1 aromatic carbocycles. The number of nitrogens with zero attached hydrogens (tertiary/aromatic N) is 1. The van der Waals surface area contributed by atoms with Crippen LogP contribution in [0.4, 0.5) is 17.6 Å². The molecule has 0 aliphatic rings. The van der Waals surface area contributed by atoms with Crippen LogP contribution < -0.4 is 0 Å². The van der Waals surface area contributed by atoms with E-state index in [2.05, 4.69) is 5.16 Å². The summed E-state index contributed by atoms with van der Waals surface area (Å²) in [6, 6.07) is 2.52. The minimum Gasteiger partial charge on any atom is -0.410 e. The minimum atomic E-state index is -4.81. The summed E-state index contributed by atoms with van der Waals surface area (Å²) < 4.78 is 49.8. The van der Waals surface area contributed by atoms with Gasteiger partial charge >= 0.3 is 6.18 Å². The average molecular weight is 242 g/mol. The van der Waals surface area contributed by atoms with Crippen LogP contribution in [0.1, 0.15) is 11.1 Å². The summed E-state index contributed by atoms with van der Waals surface area (Å²) in [5.41, 5.74) is -2.06. The van der Waals surface area contributed by atoms with Gasteiger partial charge in [0.15, 0.2) is 5.17 Å². The normalized spacial score (nSPS) is 13.0. The lowest BCUT2D eigenvalue weighted by Crippen LogP contribution is -2.11. The molecule has 0 fully saturated rings. The highest BCUT2D eigenvalue weighted by atomic mass is 35.5. The molecule has 0 aliphatic heterocycles. The first-order chi connectivity index (χ1) is 6.88. The molecule has 0 atom stereocenters. The highest BCUT2D eigenvalue weighted by Crippen LogP contribution is 2.32. The zero-order valence-electron chi connectivity index (χ0n) is 7.02. The van der Waals surface area contributed by atoms with Crippen molar-refractivity contribution in [3.63, 3.8) is 0 Å². The first-order valence-corrected chi connectivity index (χ1v) is 3.99. The Morgan fingerprint density at radius 3 is 2.40 bits per heavy atom. The quantitative estimate of drug-likeness (QED) is 0.348. The largest absolute Gasteiger partial charge is 0.419 e. The van der Waals surface area contributed by atoms with E-state index in [0.717, 1.165) is 12.1 Å². The van der Waals surface area contributed by atoms with Gasteiger partial charge in [-0.3, -0.25) is 0 Å². The van der Waals surface area contributed by atoms with Crippen molar-refractivity contribution in [3.8, 4) is 0 Å². The van der Waals surface area contributed by atoms with E-state index >= 15 is 0 Å². The molecule has 0 bridgehead atoms. The van der Waals surface area contributed by atoms with Crippen molar-refractivity contribution < 1.29 is 22.8 Å². The summed E-state index contributed by atoms with van der Waals surface area (Å²) in [4.78, 5) is 0. The molecule has 0 aromatic heterocycles. The van der Waals surface area contributed by atoms with Crippen molar-refractivity contribution in [2.24, 2.45) is 5.16 Å². The van der Waals surface area contributed by atoms with Gasteiger partial charge in [-0.1, -0.05) is 22.8 Å². The van der Waals surface area contributed by atoms with Crippen molar-refractivity contribution >= 4 is 16.8 Å². The summed E-state index contributed by atoms with van der Waals surface area (Å²) >= 11 is 5.21. The molecule has 0 aliphatic carbocycles.